The van der Waals surface area contributed by atoms with Gasteiger partial charge in [0.1, 0.15) is 0 Å². The Labute approximate surface area is 152 Å². The van der Waals surface area contributed by atoms with Crippen molar-refractivity contribution in [1.82, 2.24) is 0 Å². The summed E-state index contributed by atoms with van der Waals surface area (Å²) < 4.78 is 6.03. The Hall–Kier alpha value is -0.0400. The number of rotatable bonds is 10. The minimum absolute atomic E-state index is 0.239. The zero-order chi connectivity index (χ0) is 17.3. The largest absolute Gasteiger partial charge is 0.378 e. The van der Waals surface area contributed by atoms with Crippen molar-refractivity contribution in [1.29, 1.82) is 0 Å². The molecule has 0 heterocycles. The molecule has 2 aliphatic carbocycles. The maximum Gasteiger partial charge on any atom is 0.0679 e. The molecule has 0 amide bonds. The van der Waals surface area contributed by atoms with Crippen LogP contribution in [0.25, 0.3) is 0 Å². The second-order valence-electron chi connectivity index (χ2n) is 8.96. The molecule has 2 aliphatic rings. The summed E-state index contributed by atoms with van der Waals surface area (Å²) in [4.78, 5) is 0. The summed E-state index contributed by atoms with van der Waals surface area (Å²) in [6.45, 7) is 4.62. The first-order valence-corrected chi connectivity index (χ1v) is 11.3. The molecule has 0 saturated heterocycles. The van der Waals surface area contributed by atoms with Crippen LogP contribution in [0.3, 0.4) is 0 Å². The van der Waals surface area contributed by atoms with E-state index in [9.17, 15) is 0 Å². The summed E-state index contributed by atoms with van der Waals surface area (Å²) in [5.74, 6) is 3.11. The van der Waals surface area contributed by atoms with Crippen LogP contribution in [-0.4, -0.2) is 12.7 Å². The molecule has 2 rings (SSSR count). The molecule has 0 atom stereocenters. The van der Waals surface area contributed by atoms with Gasteiger partial charge in [-0.3, -0.25) is 0 Å². The fraction of sp³-hybridized carbons (Fsp3) is 1.00. The molecule has 0 N–H and O–H groups in total. The Bertz CT molecular complexity index is 308. The Kier molecular flexibility index (Phi) is 9.16. The molecule has 0 aliphatic heterocycles. The Morgan fingerprint density at radius 3 is 1.92 bits per heavy atom. The first-order chi connectivity index (χ1) is 11.7. The number of ether oxygens (including phenoxy) is 1. The predicted molar refractivity (Wildman–Crippen MR) is 105 cm³/mol. The van der Waals surface area contributed by atoms with Gasteiger partial charge >= 0.3 is 0 Å². The van der Waals surface area contributed by atoms with E-state index in [1.165, 1.54) is 103 Å². The van der Waals surface area contributed by atoms with Gasteiger partial charge in [0.25, 0.3) is 0 Å². The lowest BCUT2D eigenvalue weighted by atomic mass is 9.67. The van der Waals surface area contributed by atoms with Gasteiger partial charge < -0.3 is 4.74 Å². The lowest BCUT2D eigenvalue weighted by Gasteiger charge is -2.43. The average molecular weight is 337 g/mol. The lowest BCUT2D eigenvalue weighted by Crippen LogP contribution is -2.38. The highest BCUT2D eigenvalue weighted by Gasteiger charge is 2.38. The molecule has 0 spiro atoms. The van der Waals surface area contributed by atoms with Crippen molar-refractivity contribution in [2.24, 2.45) is 17.8 Å². The molecule has 24 heavy (non-hydrogen) atoms. The number of hydrogen-bond acceptors (Lipinski definition) is 1. The van der Waals surface area contributed by atoms with E-state index in [0.29, 0.717) is 0 Å². The van der Waals surface area contributed by atoms with E-state index in [4.69, 9.17) is 4.74 Å². The molecule has 0 aromatic carbocycles. The number of methoxy groups -OCH3 is 1. The molecule has 2 saturated carbocycles. The summed E-state index contributed by atoms with van der Waals surface area (Å²) in [6.07, 6.45) is 22.8. The van der Waals surface area contributed by atoms with E-state index in [1.54, 1.807) is 0 Å². The second-order valence-corrected chi connectivity index (χ2v) is 8.96. The van der Waals surface area contributed by atoms with Crippen LogP contribution >= 0.6 is 0 Å². The van der Waals surface area contributed by atoms with Gasteiger partial charge in [0.2, 0.25) is 0 Å². The van der Waals surface area contributed by atoms with Crippen molar-refractivity contribution >= 4 is 0 Å². The highest BCUT2D eigenvalue weighted by Crippen LogP contribution is 2.45. The average Bonchev–Trinajstić information content (AvgIpc) is 2.63. The maximum atomic E-state index is 6.03. The molecule has 2 fully saturated rings. The smallest absolute Gasteiger partial charge is 0.0679 e. The third kappa shape index (κ3) is 6.04. The normalized spacial score (nSPS) is 34.4. The van der Waals surface area contributed by atoms with Crippen molar-refractivity contribution in [3.05, 3.63) is 0 Å². The standard InChI is InChI=1S/C23H44O/c1-4-6-8-10-20-11-13-21(14-12-20)22-15-18-23(24-3,19-16-22)17-9-7-5-2/h20-22H,4-19H2,1-3H3/t20?,21?,22-,23+. The molecule has 142 valence electrons. The number of unbranched alkanes of at least 4 members (excludes halogenated alkanes) is 4. The van der Waals surface area contributed by atoms with Gasteiger partial charge in [-0.15, -0.1) is 0 Å². The summed E-state index contributed by atoms with van der Waals surface area (Å²) in [7, 11) is 1.97. The maximum absolute atomic E-state index is 6.03. The van der Waals surface area contributed by atoms with E-state index in [-0.39, 0.29) is 5.60 Å². The van der Waals surface area contributed by atoms with Crippen LogP contribution in [0, 0.1) is 17.8 Å². The monoisotopic (exact) mass is 336 g/mol. The SMILES string of the molecule is CCCCCC1CCC([C@H]2CC[C@@](CCCCC)(OC)CC2)CC1. The van der Waals surface area contributed by atoms with Crippen LogP contribution in [0.2, 0.25) is 0 Å². The van der Waals surface area contributed by atoms with Crippen molar-refractivity contribution in [3.63, 3.8) is 0 Å². The van der Waals surface area contributed by atoms with Gasteiger partial charge in [-0.05, 0) is 62.7 Å². The van der Waals surface area contributed by atoms with E-state index < -0.39 is 0 Å². The van der Waals surface area contributed by atoms with Crippen molar-refractivity contribution < 1.29 is 4.74 Å². The predicted octanol–water partition coefficient (Wildman–Crippen LogP) is 7.53. The summed E-state index contributed by atoms with van der Waals surface area (Å²) >= 11 is 0. The van der Waals surface area contributed by atoms with Gasteiger partial charge in [0.15, 0.2) is 0 Å². The summed E-state index contributed by atoms with van der Waals surface area (Å²) in [6, 6.07) is 0. The van der Waals surface area contributed by atoms with Gasteiger partial charge in [-0.25, -0.2) is 0 Å². The molecule has 0 aromatic rings. The molecule has 0 radical (unpaired) electrons. The quantitative estimate of drug-likeness (QED) is 0.375. The van der Waals surface area contributed by atoms with E-state index >= 15 is 0 Å². The highest BCUT2D eigenvalue weighted by molar-refractivity contribution is 4.90. The minimum Gasteiger partial charge on any atom is -0.378 e. The van der Waals surface area contributed by atoms with Crippen LogP contribution in [0.4, 0.5) is 0 Å². The number of hydrogen-bond donors (Lipinski definition) is 0. The van der Waals surface area contributed by atoms with E-state index in [1.807, 2.05) is 7.11 Å². The first-order valence-electron chi connectivity index (χ1n) is 11.3. The molecule has 0 unspecified atom stereocenters. The van der Waals surface area contributed by atoms with E-state index in [0.717, 1.165) is 17.8 Å². The first kappa shape index (κ1) is 20.3. The van der Waals surface area contributed by atoms with E-state index in [2.05, 4.69) is 13.8 Å². The zero-order valence-corrected chi connectivity index (χ0v) is 17.0. The topological polar surface area (TPSA) is 9.23 Å². The fourth-order valence-corrected chi connectivity index (χ4v) is 5.52. The molecule has 1 nitrogen and oxygen atoms in total. The van der Waals surface area contributed by atoms with Crippen molar-refractivity contribution in [2.45, 2.75) is 122 Å². The zero-order valence-electron chi connectivity index (χ0n) is 17.0. The summed E-state index contributed by atoms with van der Waals surface area (Å²) in [5, 5.41) is 0. The second kappa shape index (κ2) is 10.8. The van der Waals surface area contributed by atoms with Crippen molar-refractivity contribution in [3.8, 4) is 0 Å². The lowest BCUT2D eigenvalue weighted by molar-refractivity contribution is -0.0639. The molecule has 0 bridgehead atoms. The minimum atomic E-state index is 0.239. The Morgan fingerprint density at radius 2 is 1.33 bits per heavy atom. The molecule has 1 heteroatoms. The third-order valence-electron chi connectivity index (χ3n) is 7.38. The van der Waals surface area contributed by atoms with Crippen LogP contribution in [0.5, 0.6) is 0 Å². The molecular formula is C23H44O. The summed E-state index contributed by atoms with van der Waals surface area (Å²) in [5.41, 5.74) is 0.239. The van der Waals surface area contributed by atoms with Gasteiger partial charge in [0, 0.05) is 7.11 Å². The highest BCUT2D eigenvalue weighted by atomic mass is 16.5. The Balaban J connectivity index is 1.69. The molecular weight excluding hydrogens is 292 g/mol. The van der Waals surface area contributed by atoms with Crippen LogP contribution in [-0.2, 0) is 4.74 Å². The van der Waals surface area contributed by atoms with Crippen molar-refractivity contribution in [2.75, 3.05) is 7.11 Å². The van der Waals surface area contributed by atoms with Gasteiger partial charge in [0.05, 0.1) is 5.60 Å². The Morgan fingerprint density at radius 1 is 0.750 bits per heavy atom. The van der Waals surface area contributed by atoms with Crippen LogP contribution in [0.15, 0.2) is 0 Å². The van der Waals surface area contributed by atoms with Gasteiger partial charge in [-0.1, -0.05) is 71.6 Å². The molecule has 0 aromatic heterocycles. The van der Waals surface area contributed by atoms with Gasteiger partial charge in [-0.2, -0.15) is 0 Å². The fourth-order valence-electron chi connectivity index (χ4n) is 5.52. The van der Waals surface area contributed by atoms with Crippen LogP contribution in [0.1, 0.15) is 117 Å². The third-order valence-corrected chi connectivity index (χ3v) is 7.38. The van der Waals surface area contributed by atoms with Crippen LogP contribution < -0.4 is 0 Å².